The van der Waals surface area contributed by atoms with Gasteiger partial charge in [0.1, 0.15) is 0 Å². The molecule has 1 saturated carbocycles. The molecule has 1 aromatic carbocycles. The van der Waals surface area contributed by atoms with Gasteiger partial charge < -0.3 is 14.0 Å². The Morgan fingerprint density at radius 2 is 1.78 bits per heavy atom. The van der Waals surface area contributed by atoms with E-state index in [0.29, 0.717) is 30.4 Å². The van der Waals surface area contributed by atoms with Crippen LogP contribution in [-0.2, 0) is 19.5 Å². The van der Waals surface area contributed by atoms with Crippen molar-refractivity contribution in [3.05, 3.63) is 52.3 Å². The van der Waals surface area contributed by atoms with Crippen molar-refractivity contribution >= 4 is 21.8 Å². The van der Waals surface area contributed by atoms with Gasteiger partial charge in [-0.1, -0.05) is 6.07 Å². The molecular weight excluding hydrogens is 432 g/mol. The highest BCUT2D eigenvalue weighted by atomic mass is 32.2. The summed E-state index contributed by atoms with van der Waals surface area (Å²) in [6.45, 7) is 6.37. The van der Waals surface area contributed by atoms with Crippen LogP contribution in [0.3, 0.4) is 0 Å². The number of sulfonamides is 1. The molecule has 1 aliphatic carbocycles. The fourth-order valence-electron chi connectivity index (χ4n) is 4.18. The molecule has 1 aromatic heterocycles. The predicted molar refractivity (Wildman–Crippen MR) is 118 cm³/mol. The van der Waals surface area contributed by atoms with Gasteiger partial charge in [-0.25, -0.2) is 13.2 Å². The quantitative estimate of drug-likeness (QED) is 0.466. The number of carbonyl (C=O) groups is 2. The normalized spacial score (nSPS) is 17.3. The summed E-state index contributed by atoms with van der Waals surface area (Å²) >= 11 is 0. The van der Waals surface area contributed by atoms with Crippen LogP contribution in [0.15, 0.2) is 29.2 Å². The van der Waals surface area contributed by atoms with Crippen LogP contribution in [-0.4, -0.2) is 62.0 Å². The first-order chi connectivity index (χ1) is 15.2. The molecule has 0 atom stereocenters. The smallest absolute Gasteiger partial charge is 0.338 e. The zero-order valence-corrected chi connectivity index (χ0v) is 19.4. The highest BCUT2D eigenvalue weighted by molar-refractivity contribution is 7.89. The molecule has 1 saturated heterocycles. The van der Waals surface area contributed by atoms with Crippen molar-refractivity contribution in [3.63, 3.8) is 0 Å². The molecule has 2 aliphatic rings. The molecule has 0 N–H and O–H groups in total. The largest absolute Gasteiger partial charge is 0.454 e. The number of benzene rings is 1. The second kappa shape index (κ2) is 8.80. The summed E-state index contributed by atoms with van der Waals surface area (Å²) in [4.78, 5) is 25.4. The Hall–Kier alpha value is -2.49. The summed E-state index contributed by atoms with van der Waals surface area (Å²) in [5.41, 5.74) is 3.11. The highest BCUT2D eigenvalue weighted by Crippen LogP contribution is 2.38. The second-order valence-corrected chi connectivity index (χ2v) is 10.3. The van der Waals surface area contributed by atoms with E-state index in [4.69, 9.17) is 9.47 Å². The molecule has 32 heavy (non-hydrogen) atoms. The standard InChI is InChI=1S/C23H28N2O6S/c1-15-4-5-18(13-22(15)32(28,29)24-8-10-30-11-9-24)23(27)31-14-21(26)20-12-16(2)25(17(20)3)19-6-7-19/h4-5,12-13,19H,6-11,14H2,1-3H3. The number of hydrogen-bond donors (Lipinski definition) is 0. The number of morpholine rings is 1. The minimum absolute atomic E-state index is 0.0631. The maximum absolute atomic E-state index is 13.0. The third-order valence-electron chi connectivity index (χ3n) is 6.04. The SMILES string of the molecule is Cc1ccc(C(=O)OCC(=O)c2cc(C)n(C3CC3)c2C)cc1S(=O)(=O)N1CCOCC1. The summed E-state index contributed by atoms with van der Waals surface area (Å²) in [6.07, 6.45) is 2.23. The van der Waals surface area contributed by atoms with E-state index in [2.05, 4.69) is 4.57 Å². The van der Waals surface area contributed by atoms with E-state index < -0.39 is 22.6 Å². The zero-order chi connectivity index (χ0) is 23.0. The van der Waals surface area contributed by atoms with Gasteiger partial charge in [0.05, 0.1) is 23.7 Å². The molecule has 2 aromatic rings. The number of carbonyl (C=O) groups excluding carboxylic acids is 2. The predicted octanol–water partition coefficient (Wildman–Crippen LogP) is 2.81. The van der Waals surface area contributed by atoms with Gasteiger partial charge in [0.15, 0.2) is 6.61 Å². The maximum Gasteiger partial charge on any atom is 0.338 e. The summed E-state index contributed by atoms with van der Waals surface area (Å²) in [6, 6.07) is 6.71. The van der Waals surface area contributed by atoms with Crippen LogP contribution >= 0.6 is 0 Å². The first-order valence-electron chi connectivity index (χ1n) is 10.8. The molecule has 4 rings (SSSR count). The van der Waals surface area contributed by atoms with E-state index in [9.17, 15) is 18.0 Å². The number of nitrogens with zero attached hydrogens (tertiary/aromatic N) is 2. The first-order valence-corrected chi connectivity index (χ1v) is 12.2. The van der Waals surface area contributed by atoms with Gasteiger partial charge in [0, 0.05) is 36.1 Å². The summed E-state index contributed by atoms with van der Waals surface area (Å²) in [5.74, 6) is -1.00. The Morgan fingerprint density at radius 1 is 1.09 bits per heavy atom. The maximum atomic E-state index is 13.0. The fraction of sp³-hybridized carbons (Fsp3) is 0.478. The van der Waals surface area contributed by atoms with Crippen LogP contribution < -0.4 is 0 Å². The molecule has 0 unspecified atom stereocenters. The van der Waals surface area contributed by atoms with Crippen LogP contribution in [0.2, 0.25) is 0 Å². The van der Waals surface area contributed by atoms with E-state index in [1.165, 1.54) is 16.4 Å². The Labute approximate surface area is 188 Å². The Balaban J connectivity index is 1.48. The number of hydrogen-bond acceptors (Lipinski definition) is 6. The molecule has 0 radical (unpaired) electrons. The lowest BCUT2D eigenvalue weighted by atomic mass is 10.1. The van der Waals surface area contributed by atoms with Gasteiger partial charge in [-0.05, 0) is 57.4 Å². The van der Waals surface area contributed by atoms with Crippen molar-refractivity contribution in [2.45, 2.75) is 44.6 Å². The third kappa shape index (κ3) is 4.37. The highest BCUT2D eigenvalue weighted by Gasteiger charge is 2.30. The minimum atomic E-state index is -3.76. The second-order valence-electron chi connectivity index (χ2n) is 8.38. The van der Waals surface area contributed by atoms with Crippen LogP contribution in [0.5, 0.6) is 0 Å². The average molecular weight is 461 g/mol. The fourth-order valence-corrected chi connectivity index (χ4v) is 5.84. The number of ether oxygens (including phenoxy) is 2. The molecule has 1 aliphatic heterocycles. The van der Waals surface area contributed by atoms with Gasteiger partial charge in [0.2, 0.25) is 15.8 Å². The summed E-state index contributed by atoms with van der Waals surface area (Å²) in [5, 5.41) is 0. The molecule has 0 amide bonds. The van der Waals surface area contributed by atoms with E-state index >= 15 is 0 Å². The topological polar surface area (TPSA) is 94.9 Å². The van der Waals surface area contributed by atoms with Crippen molar-refractivity contribution in [1.29, 1.82) is 0 Å². The number of esters is 1. The third-order valence-corrected chi connectivity index (χ3v) is 8.08. The molecular formula is C23H28N2O6S. The van der Waals surface area contributed by atoms with Crippen LogP contribution in [0, 0.1) is 20.8 Å². The van der Waals surface area contributed by atoms with Gasteiger partial charge in [-0.2, -0.15) is 4.31 Å². The van der Waals surface area contributed by atoms with Crippen molar-refractivity contribution in [2.24, 2.45) is 0 Å². The van der Waals surface area contributed by atoms with Crippen molar-refractivity contribution in [1.82, 2.24) is 8.87 Å². The molecule has 2 heterocycles. The molecule has 0 bridgehead atoms. The summed E-state index contributed by atoms with van der Waals surface area (Å²) in [7, 11) is -3.76. The lowest BCUT2D eigenvalue weighted by Gasteiger charge is -2.26. The first kappa shape index (κ1) is 22.7. The minimum Gasteiger partial charge on any atom is -0.454 e. The number of rotatable bonds is 7. The van der Waals surface area contributed by atoms with Crippen LogP contribution in [0.4, 0.5) is 0 Å². The molecule has 0 spiro atoms. The number of aryl methyl sites for hydroxylation is 2. The number of Topliss-reactive ketones (excluding diaryl/α,β-unsaturated/α-hetero) is 1. The monoisotopic (exact) mass is 460 g/mol. The van der Waals surface area contributed by atoms with Gasteiger partial charge in [-0.3, -0.25) is 4.79 Å². The van der Waals surface area contributed by atoms with E-state index in [1.807, 2.05) is 19.9 Å². The summed E-state index contributed by atoms with van der Waals surface area (Å²) < 4.78 is 40.1. The van der Waals surface area contributed by atoms with Gasteiger partial charge >= 0.3 is 5.97 Å². The zero-order valence-electron chi connectivity index (χ0n) is 18.6. The van der Waals surface area contributed by atoms with Crippen LogP contribution in [0.1, 0.15) is 56.6 Å². The Bertz CT molecular complexity index is 1160. The molecule has 9 heteroatoms. The van der Waals surface area contributed by atoms with Crippen molar-refractivity contribution in [2.75, 3.05) is 32.9 Å². The molecule has 8 nitrogen and oxygen atoms in total. The number of ketones is 1. The Morgan fingerprint density at radius 3 is 2.44 bits per heavy atom. The van der Waals surface area contributed by atoms with Crippen molar-refractivity contribution < 1.29 is 27.5 Å². The van der Waals surface area contributed by atoms with Gasteiger partial charge in [-0.15, -0.1) is 0 Å². The van der Waals surface area contributed by atoms with Crippen molar-refractivity contribution in [3.8, 4) is 0 Å². The van der Waals surface area contributed by atoms with E-state index in [-0.39, 0.29) is 29.3 Å². The average Bonchev–Trinajstić information content (AvgIpc) is 3.56. The Kier molecular flexibility index (Phi) is 6.24. The van der Waals surface area contributed by atoms with Crippen LogP contribution in [0.25, 0.3) is 0 Å². The molecule has 172 valence electrons. The van der Waals surface area contributed by atoms with E-state index in [0.717, 1.165) is 24.2 Å². The molecule has 2 fully saturated rings. The lowest BCUT2D eigenvalue weighted by molar-refractivity contribution is 0.0474. The number of aromatic nitrogens is 1. The lowest BCUT2D eigenvalue weighted by Crippen LogP contribution is -2.40. The van der Waals surface area contributed by atoms with Gasteiger partial charge in [0.25, 0.3) is 0 Å². The van der Waals surface area contributed by atoms with E-state index in [1.54, 1.807) is 13.0 Å².